The topological polar surface area (TPSA) is 26.3 Å². The molecule has 0 saturated carbocycles. The number of rotatable bonds is 1. The highest BCUT2D eigenvalue weighted by Crippen LogP contribution is 2.50. The van der Waals surface area contributed by atoms with Gasteiger partial charge < -0.3 is 4.44 Å². The molecule has 0 radical (unpaired) electrons. The van der Waals surface area contributed by atoms with Crippen LogP contribution in [0.5, 0.6) is 0 Å². The highest BCUT2D eigenvalue weighted by atomic mass is 127. The fourth-order valence-corrected chi connectivity index (χ4v) is 0. The molecule has 0 aromatic carbocycles. The normalized spacial score (nSPS) is 19.7. The summed E-state index contributed by atoms with van der Waals surface area (Å²) in [6.07, 6.45) is 0. The van der Waals surface area contributed by atoms with Crippen LogP contribution in [0.2, 0.25) is 0 Å². The number of halogens is 1. The third-order valence-corrected chi connectivity index (χ3v) is 2.16. The second-order valence-corrected chi connectivity index (χ2v) is 8.05. The Morgan fingerprint density at radius 2 is 2.17 bits per heavy atom. The monoisotopic (exact) mass is 218 g/mol. The minimum absolute atomic E-state index is 1.44. The Labute approximate surface area is 51.0 Å². The highest BCUT2D eigenvalue weighted by molar-refractivity contribution is 14.2. The second-order valence-electron chi connectivity index (χ2n) is 0.929. The maximum absolute atomic E-state index is 10.3. The lowest BCUT2D eigenvalue weighted by Crippen LogP contribution is -1.69. The van der Waals surface area contributed by atoms with Gasteiger partial charge in [0.2, 0.25) is 5.01 Å². The van der Waals surface area contributed by atoms with E-state index in [1.54, 1.807) is 28.7 Å². The van der Waals surface area contributed by atoms with E-state index in [9.17, 15) is 4.57 Å². The van der Waals surface area contributed by atoms with E-state index in [2.05, 4.69) is 4.44 Å². The highest BCUT2D eigenvalue weighted by Gasteiger charge is 2.01. The first-order valence-electron chi connectivity index (χ1n) is 1.39. The molecule has 36 valence electrons. The van der Waals surface area contributed by atoms with Gasteiger partial charge in [0, 0.05) is 28.7 Å². The molecule has 0 aromatic rings. The molecule has 0 amide bonds. The smallest absolute Gasteiger partial charge is 0.267 e. The molecule has 1 atom stereocenters. The summed E-state index contributed by atoms with van der Waals surface area (Å²) in [5, 5.41) is -2.18. The number of hydrogen-bond donors (Lipinski definition) is 0. The predicted molar refractivity (Wildman–Crippen MR) is 37.2 cm³/mol. The van der Waals surface area contributed by atoms with Crippen LogP contribution in [-0.4, -0.2) is 14.7 Å². The Kier molecular flexibility index (Phi) is 2.72. The van der Waals surface area contributed by atoms with E-state index in [1.165, 1.54) is 8.05 Å². The first kappa shape index (κ1) is 6.98. The van der Waals surface area contributed by atoms with Gasteiger partial charge in [0.1, 0.15) is 0 Å². The van der Waals surface area contributed by atoms with E-state index in [-0.39, 0.29) is 0 Å². The first-order valence-corrected chi connectivity index (χ1v) is 6.25. The summed E-state index contributed by atoms with van der Waals surface area (Å²) in [5.41, 5.74) is 0. The Morgan fingerprint density at radius 3 is 2.17 bits per heavy atom. The van der Waals surface area contributed by atoms with Gasteiger partial charge in [-0.25, -0.2) is 0 Å². The van der Waals surface area contributed by atoms with Gasteiger partial charge in [-0.3, -0.25) is 4.57 Å². The molecule has 0 N–H and O–H groups in total. The number of hydrogen-bond acceptors (Lipinski definition) is 2. The van der Waals surface area contributed by atoms with Gasteiger partial charge in [-0.2, -0.15) is 0 Å². The van der Waals surface area contributed by atoms with Gasteiger partial charge >= 0.3 is 0 Å². The van der Waals surface area contributed by atoms with E-state index in [4.69, 9.17) is 0 Å². The maximum Gasteiger partial charge on any atom is 0.267 e. The molecule has 0 bridgehead atoms. The summed E-state index contributed by atoms with van der Waals surface area (Å²) >= 11 is 1.77. The summed E-state index contributed by atoms with van der Waals surface area (Å²) in [6, 6.07) is 0. The third-order valence-electron chi connectivity index (χ3n) is 0.326. The minimum atomic E-state index is -2.18. The second kappa shape index (κ2) is 2.33. The first-order chi connectivity index (χ1) is 2.56. The van der Waals surface area contributed by atoms with Crippen LogP contribution in [-0.2, 0) is 9.01 Å². The molecule has 0 aliphatic heterocycles. The van der Waals surface area contributed by atoms with Crippen LogP contribution in [0.3, 0.4) is 0 Å². The minimum Gasteiger partial charge on any atom is -0.392 e. The van der Waals surface area contributed by atoms with E-state index < -0.39 is 5.01 Å². The molecule has 0 aliphatic carbocycles. The van der Waals surface area contributed by atoms with Gasteiger partial charge in [-0.15, -0.1) is 0 Å². The zero-order chi connectivity index (χ0) is 5.21. The van der Waals surface area contributed by atoms with Crippen LogP contribution in [0, 0.1) is 0 Å². The Bertz CT molecular complexity index is 77.6. The summed E-state index contributed by atoms with van der Waals surface area (Å²) in [6.45, 7) is 1.56. The van der Waals surface area contributed by atoms with Crippen LogP contribution in [0.25, 0.3) is 0 Å². The molecule has 0 rings (SSSR count). The predicted octanol–water partition coefficient (Wildman–Crippen LogP) is 0.809. The van der Waals surface area contributed by atoms with Crippen molar-refractivity contribution in [2.75, 3.05) is 6.66 Å². The van der Waals surface area contributed by atoms with E-state index in [0.29, 0.717) is 0 Å². The van der Waals surface area contributed by atoms with Gasteiger partial charge in [0.25, 0.3) is 8.05 Å². The lowest BCUT2D eigenvalue weighted by atomic mass is 10.6. The van der Waals surface area contributed by atoms with Crippen LogP contribution >= 0.6 is 27.1 Å². The molecular formula is CH5BIO2P. The summed E-state index contributed by atoms with van der Waals surface area (Å²) < 4.78 is 14.8. The fourth-order valence-electron chi connectivity index (χ4n) is 0. The lowest BCUT2D eigenvalue weighted by Gasteiger charge is -1.96. The van der Waals surface area contributed by atoms with Crippen molar-refractivity contribution in [2.45, 2.75) is 0 Å². The molecule has 2 nitrogen and oxygen atoms in total. The molecule has 1 unspecified atom stereocenters. The SMILES string of the molecule is BOP(C)(=O)I. The molecule has 5 heteroatoms. The zero-order valence-electron chi connectivity index (χ0n) is 3.64. The Balaban J connectivity index is 3.48. The zero-order valence-corrected chi connectivity index (χ0v) is 6.69. The van der Waals surface area contributed by atoms with Crippen LogP contribution in [0.4, 0.5) is 0 Å². The van der Waals surface area contributed by atoms with Crippen molar-refractivity contribution >= 4 is 35.1 Å². The molecular weight excluding hydrogens is 213 g/mol. The molecule has 0 saturated heterocycles. The van der Waals surface area contributed by atoms with Gasteiger partial charge in [0.05, 0.1) is 0 Å². The molecule has 0 fully saturated rings. The Morgan fingerprint density at radius 1 is 2.00 bits per heavy atom. The van der Waals surface area contributed by atoms with Crippen molar-refractivity contribution in [3.63, 3.8) is 0 Å². The average molecular weight is 218 g/mol. The molecule has 6 heavy (non-hydrogen) atoms. The summed E-state index contributed by atoms with van der Waals surface area (Å²) in [4.78, 5) is 0. The fraction of sp³-hybridized carbons (Fsp3) is 1.00. The van der Waals surface area contributed by atoms with Gasteiger partial charge in [-0.1, -0.05) is 0 Å². The third kappa shape index (κ3) is 4.98. The van der Waals surface area contributed by atoms with Gasteiger partial charge in [0.15, 0.2) is 0 Å². The summed E-state index contributed by atoms with van der Waals surface area (Å²) in [7, 11) is 1.44. The quantitative estimate of drug-likeness (QED) is 0.369. The van der Waals surface area contributed by atoms with Crippen molar-refractivity contribution in [1.82, 2.24) is 0 Å². The maximum atomic E-state index is 10.3. The average Bonchev–Trinajstić information content (AvgIpc) is 1.35. The largest absolute Gasteiger partial charge is 0.392 e. The molecule has 0 heterocycles. The molecule has 0 aliphatic rings. The van der Waals surface area contributed by atoms with E-state index in [1.807, 2.05) is 0 Å². The van der Waals surface area contributed by atoms with Crippen molar-refractivity contribution in [3.05, 3.63) is 0 Å². The van der Waals surface area contributed by atoms with Crippen molar-refractivity contribution in [3.8, 4) is 0 Å². The molecule has 0 aromatic heterocycles. The van der Waals surface area contributed by atoms with Crippen LogP contribution < -0.4 is 0 Å². The van der Waals surface area contributed by atoms with E-state index in [0.717, 1.165) is 0 Å². The van der Waals surface area contributed by atoms with Crippen molar-refractivity contribution < 1.29 is 9.01 Å². The summed E-state index contributed by atoms with van der Waals surface area (Å²) in [5.74, 6) is 0. The van der Waals surface area contributed by atoms with E-state index >= 15 is 0 Å². The van der Waals surface area contributed by atoms with Crippen molar-refractivity contribution in [1.29, 1.82) is 0 Å². The van der Waals surface area contributed by atoms with Crippen LogP contribution in [0.15, 0.2) is 0 Å². The Hall–Kier alpha value is 0.985. The van der Waals surface area contributed by atoms with Crippen LogP contribution in [0.1, 0.15) is 0 Å². The standard InChI is InChI=1S/CH5BIO2P/c1-6(3,4)5-2/h2H2,1H3. The molecule has 0 spiro atoms. The van der Waals surface area contributed by atoms with Crippen molar-refractivity contribution in [2.24, 2.45) is 0 Å². The van der Waals surface area contributed by atoms with Gasteiger partial charge in [-0.05, 0) is 0 Å². The lowest BCUT2D eigenvalue weighted by molar-refractivity contribution is 0.528.